The minimum Gasteiger partial charge on any atom is -0.357 e. The van der Waals surface area contributed by atoms with Crippen LogP contribution < -0.4 is 10.2 Å². The molecule has 0 aliphatic carbocycles. The van der Waals surface area contributed by atoms with E-state index >= 15 is 0 Å². The van der Waals surface area contributed by atoms with Gasteiger partial charge in [-0.05, 0) is 24.6 Å². The molecule has 0 bridgehead atoms. The van der Waals surface area contributed by atoms with Crippen LogP contribution in [0.25, 0.3) is 0 Å². The fourth-order valence-corrected chi connectivity index (χ4v) is 2.06. The first-order valence-corrected chi connectivity index (χ1v) is 6.45. The van der Waals surface area contributed by atoms with Gasteiger partial charge in [-0.25, -0.2) is 4.98 Å². The quantitative estimate of drug-likeness (QED) is 0.932. The second-order valence-corrected chi connectivity index (χ2v) is 4.86. The van der Waals surface area contributed by atoms with Crippen LogP contribution in [0.1, 0.15) is 11.3 Å². The maximum atomic E-state index is 5.99. The van der Waals surface area contributed by atoms with E-state index in [1.807, 2.05) is 45.3 Å². The molecule has 100 valence electrons. The van der Waals surface area contributed by atoms with E-state index in [1.165, 1.54) is 0 Å². The number of hydrogen-bond acceptors (Lipinski definition) is 4. The van der Waals surface area contributed by atoms with Crippen molar-refractivity contribution >= 4 is 23.4 Å². The lowest BCUT2D eigenvalue weighted by atomic mass is 10.2. The van der Waals surface area contributed by atoms with Gasteiger partial charge in [0.25, 0.3) is 0 Å². The Bertz CT molecular complexity index is 571. The maximum absolute atomic E-state index is 5.99. The summed E-state index contributed by atoms with van der Waals surface area (Å²) in [6.45, 7) is 2.71. The van der Waals surface area contributed by atoms with E-state index in [0.717, 1.165) is 28.6 Å². The zero-order chi connectivity index (χ0) is 13.8. The van der Waals surface area contributed by atoms with Crippen LogP contribution in [0.3, 0.4) is 0 Å². The normalized spacial score (nSPS) is 10.3. The lowest BCUT2D eigenvalue weighted by molar-refractivity contribution is 0.888. The topological polar surface area (TPSA) is 41.1 Å². The average molecular weight is 277 g/mol. The zero-order valence-electron chi connectivity index (χ0n) is 11.3. The van der Waals surface area contributed by atoms with Crippen LogP contribution in [-0.2, 0) is 6.54 Å². The third-order valence-electron chi connectivity index (χ3n) is 2.76. The van der Waals surface area contributed by atoms with E-state index in [2.05, 4.69) is 26.3 Å². The number of aromatic nitrogens is 2. The van der Waals surface area contributed by atoms with Gasteiger partial charge in [0.1, 0.15) is 5.82 Å². The smallest absolute Gasteiger partial charge is 0.224 e. The molecule has 19 heavy (non-hydrogen) atoms. The highest BCUT2D eigenvalue weighted by Crippen LogP contribution is 2.17. The minimum absolute atomic E-state index is 0.632. The molecule has 2 aromatic rings. The molecule has 0 saturated carbocycles. The van der Waals surface area contributed by atoms with Gasteiger partial charge in [0.15, 0.2) is 0 Å². The van der Waals surface area contributed by atoms with Gasteiger partial charge in [-0.15, -0.1) is 0 Å². The summed E-state index contributed by atoms with van der Waals surface area (Å²) in [5.74, 6) is 1.52. The first-order valence-electron chi connectivity index (χ1n) is 6.07. The molecule has 1 N–H and O–H groups in total. The molecular formula is C14H17ClN4. The van der Waals surface area contributed by atoms with E-state index in [1.54, 1.807) is 0 Å². The Hall–Kier alpha value is -1.81. The van der Waals surface area contributed by atoms with Crippen LogP contribution in [0.5, 0.6) is 0 Å². The lowest BCUT2D eigenvalue weighted by Gasteiger charge is -2.19. The Morgan fingerprint density at radius 1 is 1.26 bits per heavy atom. The predicted molar refractivity (Wildman–Crippen MR) is 79.9 cm³/mol. The summed E-state index contributed by atoms with van der Waals surface area (Å²) < 4.78 is 0. The highest BCUT2D eigenvalue weighted by molar-refractivity contribution is 6.30. The van der Waals surface area contributed by atoms with Crippen molar-refractivity contribution in [1.82, 2.24) is 9.97 Å². The Morgan fingerprint density at radius 3 is 2.74 bits per heavy atom. The van der Waals surface area contributed by atoms with Crippen LogP contribution in [0, 0.1) is 6.92 Å². The summed E-state index contributed by atoms with van der Waals surface area (Å²) in [7, 11) is 3.82. The van der Waals surface area contributed by atoms with Crippen molar-refractivity contribution in [3.8, 4) is 0 Å². The summed E-state index contributed by atoms with van der Waals surface area (Å²) in [5.41, 5.74) is 2.09. The van der Waals surface area contributed by atoms with E-state index in [-0.39, 0.29) is 0 Å². The molecule has 0 aliphatic heterocycles. The fourth-order valence-electron chi connectivity index (χ4n) is 1.85. The third-order valence-corrected chi connectivity index (χ3v) is 3.00. The Labute approximate surface area is 118 Å². The number of halogens is 1. The number of aryl methyl sites for hydroxylation is 1. The molecule has 0 fully saturated rings. The molecule has 2 rings (SSSR count). The first-order chi connectivity index (χ1) is 9.08. The number of rotatable bonds is 4. The summed E-state index contributed by atoms with van der Waals surface area (Å²) in [5, 5.41) is 3.72. The molecule has 0 radical (unpaired) electrons. The summed E-state index contributed by atoms with van der Waals surface area (Å²) >= 11 is 5.99. The Morgan fingerprint density at radius 2 is 2.05 bits per heavy atom. The highest BCUT2D eigenvalue weighted by atomic mass is 35.5. The Kier molecular flexibility index (Phi) is 4.22. The molecule has 0 unspecified atom stereocenters. The van der Waals surface area contributed by atoms with Crippen LogP contribution in [0.4, 0.5) is 11.8 Å². The van der Waals surface area contributed by atoms with Crippen LogP contribution in [0.2, 0.25) is 5.02 Å². The van der Waals surface area contributed by atoms with Crippen molar-refractivity contribution in [3.63, 3.8) is 0 Å². The number of benzene rings is 1. The standard InChI is InChI=1S/C14H17ClN4/c1-10-7-13(18-14(16-2)17-10)19(3)9-11-5-4-6-12(15)8-11/h4-8H,9H2,1-3H3,(H,16,17,18). The molecule has 1 aromatic heterocycles. The number of nitrogens with one attached hydrogen (secondary N) is 1. The Balaban J connectivity index is 2.20. The van der Waals surface area contributed by atoms with Crippen molar-refractivity contribution in [2.75, 3.05) is 24.3 Å². The van der Waals surface area contributed by atoms with Gasteiger partial charge in [0.2, 0.25) is 5.95 Å². The molecule has 4 nitrogen and oxygen atoms in total. The van der Waals surface area contributed by atoms with Crippen molar-refractivity contribution in [2.24, 2.45) is 0 Å². The van der Waals surface area contributed by atoms with Gasteiger partial charge in [-0.3, -0.25) is 0 Å². The second kappa shape index (κ2) is 5.89. The molecule has 1 heterocycles. The molecule has 0 spiro atoms. The molecule has 0 amide bonds. The molecular weight excluding hydrogens is 260 g/mol. The van der Waals surface area contributed by atoms with Crippen LogP contribution in [-0.4, -0.2) is 24.1 Å². The number of nitrogens with zero attached hydrogens (tertiary/aromatic N) is 3. The molecule has 0 aliphatic rings. The predicted octanol–water partition coefficient (Wildman–Crippen LogP) is 3.12. The van der Waals surface area contributed by atoms with E-state index < -0.39 is 0 Å². The average Bonchev–Trinajstić information content (AvgIpc) is 2.38. The van der Waals surface area contributed by atoms with E-state index in [9.17, 15) is 0 Å². The van der Waals surface area contributed by atoms with E-state index in [0.29, 0.717) is 5.95 Å². The largest absolute Gasteiger partial charge is 0.357 e. The van der Waals surface area contributed by atoms with Crippen molar-refractivity contribution < 1.29 is 0 Å². The van der Waals surface area contributed by atoms with E-state index in [4.69, 9.17) is 11.6 Å². The van der Waals surface area contributed by atoms with Crippen molar-refractivity contribution in [2.45, 2.75) is 13.5 Å². The molecule has 1 aromatic carbocycles. The second-order valence-electron chi connectivity index (χ2n) is 4.43. The number of hydrogen-bond donors (Lipinski definition) is 1. The van der Waals surface area contributed by atoms with Gasteiger partial charge in [0.05, 0.1) is 0 Å². The highest BCUT2D eigenvalue weighted by Gasteiger charge is 2.07. The van der Waals surface area contributed by atoms with Gasteiger partial charge in [-0.2, -0.15) is 4.98 Å². The first kappa shape index (κ1) is 13.6. The SMILES string of the molecule is CNc1nc(C)cc(N(C)Cc2cccc(Cl)c2)n1. The molecule has 5 heteroatoms. The lowest BCUT2D eigenvalue weighted by Crippen LogP contribution is -2.18. The van der Waals surface area contributed by atoms with Crippen molar-refractivity contribution in [1.29, 1.82) is 0 Å². The van der Waals surface area contributed by atoms with Crippen LogP contribution >= 0.6 is 11.6 Å². The summed E-state index contributed by atoms with van der Waals surface area (Å²) in [6, 6.07) is 9.81. The van der Waals surface area contributed by atoms with Crippen LogP contribution in [0.15, 0.2) is 30.3 Å². The monoisotopic (exact) mass is 276 g/mol. The maximum Gasteiger partial charge on any atom is 0.224 e. The van der Waals surface area contributed by atoms with Gasteiger partial charge < -0.3 is 10.2 Å². The number of anilines is 2. The zero-order valence-corrected chi connectivity index (χ0v) is 12.1. The molecule has 0 saturated heterocycles. The minimum atomic E-state index is 0.632. The summed E-state index contributed by atoms with van der Waals surface area (Å²) in [6.07, 6.45) is 0. The third kappa shape index (κ3) is 3.58. The van der Waals surface area contributed by atoms with Gasteiger partial charge in [0, 0.05) is 37.4 Å². The summed E-state index contributed by atoms with van der Waals surface area (Å²) in [4.78, 5) is 10.8. The molecule has 0 atom stereocenters. The fraction of sp³-hybridized carbons (Fsp3) is 0.286. The van der Waals surface area contributed by atoms with Crippen molar-refractivity contribution in [3.05, 3.63) is 46.6 Å². The van der Waals surface area contributed by atoms with Gasteiger partial charge >= 0.3 is 0 Å². The van der Waals surface area contributed by atoms with Gasteiger partial charge in [-0.1, -0.05) is 23.7 Å².